The predicted molar refractivity (Wildman–Crippen MR) is 60.9 cm³/mol. The topological polar surface area (TPSA) is 102 Å². The highest BCUT2D eigenvalue weighted by Crippen LogP contribution is 2.26. The first-order chi connectivity index (χ1) is 7.69. The van der Waals surface area contributed by atoms with Crippen molar-refractivity contribution < 1.29 is 4.74 Å². The number of nitrogens with one attached hydrogen (secondary N) is 2. The number of halogens is 1. The number of hydrogen-bond acceptors (Lipinski definition) is 6. The number of ether oxygens (including phenoxy) is 1. The molecule has 16 heavy (non-hydrogen) atoms. The molecule has 0 aromatic carbocycles. The van der Waals surface area contributed by atoms with Gasteiger partial charge in [-0.05, 0) is 22.9 Å². The monoisotopic (exact) mass is 284 g/mol. The Morgan fingerprint density at radius 2 is 2.38 bits per heavy atom. The molecule has 0 atom stereocenters. The first kappa shape index (κ1) is 10.8. The molecular weight excluding hydrogens is 276 g/mol. The van der Waals surface area contributed by atoms with Crippen molar-refractivity contribution in [3.8, 4) is 11.8 Å². The minimum absolute atomic E-state index is 0.269. The number of anilines is 1. The van der Waals surface area contributed by atoms with Crippen LogP contribution in [0.15, 0.2) is 16.7 Å². The second kappa shape index (κ2) is 4.45. The number of rotatable bonds is 3. The number of H-pyrrole nitrogens is 1. The van der Waals surface area contributed by atoms with Gasteiger partial charge in [-0.25, -0.2) is 10.8 Å². The molecule has 2 heterocycles. The summed E-state index contributed by atoms with van der Waals surface area (Å²) in [5, 5.41) is 6.69. The van der Waals surface area contributed by atoms with E-state index in [0.29, 0.717) is 16.2 Å². The summed E-state index contributed by atoms with van der Waals surface area (Å²) >= 11 is 3.27. The Labute approximate surface area is 99.5 Å². The summed E-state index contributed by atoms with van der Waals surface area (Å²) in [7, 11) is 0. The average molecular weight is 285 g/mol. The lowest BCUT2D eigenvalue weighted by molar-refractivity contribution is 0.440. The van der Waals surface area contributed by atoms with E-state index in [1.165, 1.54) is 6.20 Å². The summed E-state index contributed by atoms with van der Waals surface area (Å²) in [6, 6.07) is 1.75. The lowest BCUT2D eigenvalue weighted by atomic mass is 10.5. The van der Waals surface area contributed by atoms with Crippen LogP contribution in [-0.2, 0) is 0 Å². The van der Waals surface area contributed by atoms with Gasteiger partial charge in [0.05, 0.1) is 10.7 Å². The van der Waals surface area contributed by atoms with E-state index in [9.17, 15) is 0 Å². The minimum Gasteiger partial charge on any atom is -0.418 e. The van der Waals surface area contributed by atoms with Gasteiger partial charge < -0.3 is 4.74 Å². The van der Waals surface area contributed by atoms with Crippen LogP contribution in [0.4, 0.5) is 5.95 Å². The summed E-state index contributed by atoms with van der Waals surface area (Å²) in [6.07, 6.45) is 1.54. The number of nitrogens with two attached hydrogens (primary N) is 1. The SMILES string of the molecule is Cc1cc(Oc2nc(NN)ncc2Br)n[nH]1. The van der Waals surface area contributed by atoms with Gasteiger partial charge in [0.15, 0.2) is 0 Å². The molecule has 0 saturated carbocycles. The Kier molecular flexibility index (Phi) is 3.02. The van der Waals surface area contributed by atoms with E-state index < -0.39 is 0 Å². The second-order valence-corrected chi connectivity index (χ2v) is 3.84. The van der Waals surface area contributed by atoms with Crippen molar-refractivity contribution in [3.05, 3.63) is 22.4 Å². The van der Waals surface area contributed by atoms with Crippen LogP contribution in [0.25, 0.3) is 0 Å². The molecular formula is C8H9BrN6O. The largest absolute Gasteiger partial charge is 0.418 e. The molecule has 7 nitrogen and oxygen atoms in total. The van der Waals surface area contributed by atoms with E-state index in [4.69, 9.17) is 10.6 Å². The Balaban J connectivity index is 2.26. The van der Waals surface area contributed by atoms with Gasteiger partial charge >= 0.3 is 0 Å². The normalized spacial score (nSPS) is 10.2. The van der Waals surface area contributed by atoms with Crippen molar-refractivity contribution >= 4 is 21.9 Å². The molecule has 0 unspecified atom stereocenters. The fourth-order valence-electron chi connectivity index (χ4n) is 1.04. The summed E-state index contributed by atoms with van der Waals surface area (Å²) < 4.78 is 6.05. The number of nitrogens with zero attached hydrogens (tertiary/aromatic N) is 3. The molecule has 0 amide bonds. The van der Waals surface area contributed by atoms with Crippen LogP contribution in [0.1, 0.15) is 5.69 Å². The van der Waals surface area contributed by atoms with Crippen LogP contribution in [0.2, 0.25) is 0 Å². The standard InChI is InChI=1S/C8H9BrN6O/c1-4-2-6(15-14-4)16-7-5(9)3-11-8(12-7)13-10/h2-3H,10H2,1H3,(H,14,15)(H,11,12,13). The molecule has 0 aliphatic heterocycles. The third-order valence-electron chi connectivity index (χ3n) is 1.72. The fourth-order valence-corrected chi connectivity index (χ4v) is 1.31. The predicted octanol–water partition coefficient (Wildman–Crippen LogP) is 1.35. The molecule has 0 aliphatic rings. The minimum atomic E-state index is 0.269. The number of aromatic amines is 1. The molecule has 4 N–H and O–H groups in total. The maximum atomic E-state index is 5.44. The van der Waals surface area contributed by atoms with Crippen LogP contribution in [0, 0.1) is 6.92 Å². The molecule has 2 aromatic heterocycles. The molecule has 0 spiro atoms. The third-order valence-corrected chi connectivity index (χ3v) is 2.27. The zero-order valence-electron chi connectivity index (χ0n) is 8.36. The summed E-state index contributed by atoms with van der Waals surface area (Å²) in [4.78, 5) is 7.93. The van der Waals surface area contributed by atoms with Gasteiger partial charge in [0.2, 0.25) is 17.7 Å². The van der Waals surface area contributed by atoms with Crippen LogP contribution in [0.5, 0.6) is 11.8 Å². The third kappa shape index (κ3) is 2.28. The number of hydrogen-bond donors (Lipinski definition) is 3. The maximum absolute atomic E-state index is 5.44. The van der Waals surface area contributed by atoms with Crippen molar-refractivity contribution in [1.29, 1.82) is 0 Å². The lowest BCUT2D eigenvalue weighted by Crippen LogP contribution is -2.10. The van der Waals surface area contributed by atoms with Crippen molar-refractivity contribution in [2.45, 2.75) is 6.92 Å². The van der Waals surface area contributed by atoms with Crippen molar-refractivity contribution in [2.24, 2.45) is 5.84 Å². The summed E-state index contributed by atoms with van der Waals surface area (Å²) in [6.45, 7) is 1.88. The van der Waals surface area contributed by atoms with Crippen molar-refractivity contribution in [1.82, 2.24) is 20.2 Å². The first-order valence-electron chi connectivity index (χ1n) is 4.38. The molecule has 0 radical (unpaired) electrons. The highest BCUT2D eigenvalue weighted by Gasteiger charge is 2.08. The average Bonchev–Trinajstić information content (AvgIpc) is 2.67. The van der Waals surface area contributed by atoms with E-state index in [0.717, 1.165) is 5.69 Å². The number of aryl methyl sites for hydroxylation is 1. The summed E-state index contributed by atoms with van der Waals surface area (Å²) in [5.41, 5.74) is 3.23. The molecule has 0 fully saturated rings. The number of aromatic nitrogens is 4. The van der Waals surface area contributed by atoms with Gasteiger partial charge in [-0.2, -0.15) is 4.98 Å². The molecule has 84 valence electrons. The van der Waals surface area contributed by atoms with Gasteiger partial charge in [-0.1, -0.05) is 0 Å². The van der Waals surface area contributed by atoms with Crippen LogP contribution in [0.3, 0.4) is 0 Å². The van der Waals surface area contributed by atoms with Crippen LogP contribution < -0.4 is 16.0 Å². The van der Waals surface area contributed by atoms with Gasteiger partial charge in [-0.15, -0.1) is 5.10 Å². The highest BCUT2D eigenvalue weighted by atomic mass is 79.9. The molecule has 0 saturated heterocycles. The van der Waals surface area contributed by atoms with Gasteiger partial charge in [0.1, 0.15) is 0 Å². The number of hydrazine groups is 1. The van der Waals surface area contributed by atoms with E-state index in [1.807, 2.05) is 6.92 Å². The van der Waals surface area contributed by atoms with E-state index in [-0.39, 0.29) is 5.95 Å². The number of nitrogen functional groups attached to an aromatic ring is 1. The zero-order valence-corrected chi connectivity index (χ0v) is 9.95. The molecule has 8 heteroatoms. The van der Waals surface area contributed by atoms with Crippen molar-refractivity contribution in [2.75, 3.05) is 5.43 Å². The van der Waals surface area contributed by atoms with E-state index >= 15 is 0 Å². The molecule has 0 aliphatic carbocycles. The Morgan fingerprint density at radius 3 is 3.00 bits per heavy atom. The Bertz CT molecular complexity index is 499. The van der Waals surface area contributed by atoms with Crippen LogP contribution >= 0.6 is 15.9 Å². The van der Waals surface area contributed by atoms with Gasteiger partial charge in [0.25, 0.3) is 0 Å². The molecule has 0 bridgehead atoms. The van der Waals surface area contributed by atoms with Crippen LogP contribution in [-0.4, -0.2) is 20.2 Å². The van der Waals surface area contributed by atoms with E-state index in [2.05, 4.69) is 41.5 Å². The quantitative estimate of drug-likeness (QED) is 0.581. The molecule has 2 rings (SSSR count). The van der Waals surface area contributed by atoms with E-state index in [1.54, 1.807) is 6.07 Å². The zero-order chi connectivity index (χ0) is 11.5. The maximum Gasteiger partial charge on any atom is 0.240 e. The summed E-state index contributed by atoms with van der Waals surface area (Å²) in [5.74, 6) is 6.24. The lowest BCUT2D eigenvalue weighted by Gasteiger charge is -2.04. The second-order valence-electron chi connectivity index (χ2n) is 2.98. The fraction of sp³-hybridized carbons (Fsp3) is 0.125. The highest BCUT2D eigenvalue weighted by molar-refractivity contribution is 9.10. The Hall–Kier alpha value is -1.67. The Morgan fingerprint density at radius 1 is 1.56 bits per heavy atom. The molecule has 2 aromatic rings. The smallest absolute Gasteiger partial charge is 0.240 e. The van der Waals surface area contributed by atoms with Crippen molar-refractivity contribution in [3.63, 3.8) is 0 Å². The first-order valence-corrected chi connectivity index (χ1v) is 5.17. The van der Waals surface area contributed by atoms with Gasteiger partial charge in [-0.3, -0.25) is 10.5 Å². The van der Waals surface area contributed by atoms with Gasteiger partial charge in [0, 0.05) is 11.8 Å².